The van der Waals surface area contributed by atoms with E-state index < -0.39 is 34.3 Å². The smallest absolute Gasteiger partial charge is 0.244 e. The molecular weight excluding hydrogens is 473 g/mol. The molecule has 35 heavy (non-hydrogen) atoms. The maximum Gasteiger partial charge on any atom is 0.244 e. The van der Waals surface area contributed by atoms with Gasteiger partial charge in [-0.05, 0) is 49.6 Å². The van der Waals surface area contributed by atoms with Gasteiger partial charge in [-0.15, -0.1) is 0 Å². The van der Waals surface area contributed by atoms with Gasteiger partial charge in [0.2, 0.25) is 21.8 Å². The Kier molecular flexibility index (Phi) is 10.1. The van der Waals surface area contributed by atoms with E-state index in [1.54, 1.807) is 38.1 Å². The zero-order chi connectivity index (χ0) is 26.2. The highest BCUT2D eigenvalue weighted by Crippen LogP contribution is 2.30. The molecule has 0 radical (unpaired) electrons. The highest BCUT2D eigenvalue weighted by Gasteiger charge is 2.31. The predicted octanol–water partition coefficient (Wildman–Crippen LogP) is 3.18. The third-order valence-corrected chi connectivity index (χ3v) is 6.36. The molecule has 0 saturated heterocycles. The van der Waals surface area contributed by atoms with Gasteiger partial charge in [0.25, 0.3) is 0 Å². The van der Waals surface area contributed by atoms with Crippen LogP contribution in [0.5, 0.6) is 5.75 Å². The van der Waals surface area contributed by atoms with Crippen molar-refractivity contribution >= 4 is 27.5 Å². The molecule has 0 aliphatic carbocycles. The second kappa shape index (κ2) is 12.5. The highest BCUT2D eigenvalue weighted by molar-refractivity contribution is 7.92. The number of hydrogen-bond acceptors (Lipinski definition) is 5. The fourth-order valence-electron chi connectivity index (χ4n) is 3.36. The van der Waals surface area contributed by atoms with Crippen molar-refractivity contribution in [2.75, 3.05) is 30.3 Å². The minimum atomic E-state index is -3.88. The zero-order valence-corrected chi connectivity index (χ0v) is 21.6. The fourth-order valence-corrected chi connectivity index (χ4v) is 4.21. The van der Waals surface area contributed by atoms with Gasteiger partial charge in [0.1, 0.15) is 24.2 Å². The second-order valence-electron chi connectivity index (χ2n) is 8.63. The van der Waals surface area contributed by atoms with Crippen molar-refractivity contribution in [3.8, 4) is 5.75 Å². The minimum Gasteiger partial charge on any atom is -0.492 e. The molecule has 2 amide bonds. The van der Waals surface area contributed by atoms with E-state index in [0.717, 1.165) is 10.6 Å². The lowest BCUT2D eigenvalue weighted by atomic mass is 10.1. The van der Waals surface area contributed by atoms with E-state index in [1.165, 1.54) is 29.2 Å². The Morgan fingerprint density at radius 3 is 2.26 bits per heavy atom. The van der Waals surface area contributed by atoms with E-state index in [9.17, 15) is 22.4 Å². The number of para-hydroxylation sites is 2. The Morgan fingerprint density at radius 2 is 1.69 bits per heavy atom. The standard InChI is InChI=1S/C25H34FN3O5S/c1-6-34-23-10-8-7-9-22(23)29(35(5,32)33)17-24(30)28(16-20-11-13-21(26)14-12-20)19(4)25(31)27-15-18(2)3/h7-14,18-19H,6,15-17H2,1-5H3,(H,27,31)/t19-/m0/s1. The summed E-state index contributed by atoms with van der Waals surface area (Å²) in [7, 11) is -3.88. The first-order chi connectivity index (χ1) is 16.4. The molecule has 0 aliphatic rings. The summed E-state index contributed by atoms with van der Waals surface area (Å²) in [5.74, 6) is -0.845. The summed E-state index contributed by atoms with van der Waals surface area (Å²) >= 11 is 0. The number of nitrogens with zero attached hydrogens (tertiary/aromatic N) is 2. The molecule has 0 heterocycles. The van der Waals surface area contributed by atoms with E-state index in [1.807, 2.05) is 13.8 Å². The number of benzene rings is 2. The Hall–Kier alpha value is -3.14. The maximum atomic E-state index is 13.5. The monoisotopic (exact) mass is 507 g/mol. The summed E-state index contributed by atoms with van der Waals surface area (Å²) in [6.07, 6.45) is 1.01. The normalized spacial score (nSPS) is 12.2. The average molecular weight is 508 g/mol. The van der Waals surface area contributed by atoms with E-state index in [2.05, 4.69) is 5.32 Å². The lowest BCUT2D eigenvalue weighted by molar-refractivity contribution is -0.139. The van der Waals surface area contributed by atoms with Gasteiger partial charge in [0.05, 0.1) is 18.6 Å². The molecule has 0 aliphatic heterocycles. The Labute approximate surface area is 207 Å². The van der Waals surface area contributed by atoms with Crippen LogP contribution in [0, 0.1) is 11.7 Å². The van der Waals surface area contributed by atoms with Crippen molar-refractivity contribution in [2.45, 2.75) is 40.3 Å². The molecule has 2 aromatic rings. The van der Waals surface area contributed by atoms with Crippen LogP contribution in [0.2, 0.25) is 0 Å². The molecule has 2 aromatic carbocycles. The SMILES string of the molecule is CCOc1ccccc1N(CC(=O)N(Cc1ccc(F)cc1)[C@@H](C)C(=O)NCC(C)C)S(C)(=O)=O. The number of amides is 2. The van der Waals surface area contributed by atoms with Crippen LogP contribution in [0.1, 0.15) is 33.3 Å². The third-order valence-electron chi connectivity index (χ3n) is 5.23. The number of hydrogen-bond donors (Lipinski definition) is 1. The van der Waals surface area contributed by atoms with E-state index in [4.69, 9.17) is 4.74 Å². The number of carbonyl (C=O) groups excluding carboxylic acids is 2. The van der Waals surface area contributed by atoms with Crippen molar-refractivity contribution in [2.24, 2.45) is 5.92 Å². The Bertz CT molecular complexity index is 1110. The van der Waals surface area contributed by atoms with Gasteiger partial charge in [-0.2, -0.15) is 0 Å². The Morgan fingerprint density at radius 1 is 1.06 bits per heavy atom. The lowest BCUT2D eigenvalue weighted by Gasteiger charge is -2.32. The first-order valence-corrected chi connectivity index (χ1v) is 13.3. The summed E-state index contributed by atoms with van der Waals surface area (Å²) in [4.78, 5) is 27.6. The number of ether oxygens (including phenoxy) is 1. The van der Waals surface area contributed by atoms with E-state index in [-0.39, 0.29) is 24.1 Å². The van der Waals surface area contributed by atoms with E-state index >= 15 is 0 Å². The van der Waals surface area contributed by atoms with Crippen molar-refractivity contribution in [3.63, 3.8) is 0 Å². The Balaban J connectivity index is 2.40. The largest absolute Gasteiger partial charge is 0.492 e. The molecule has 8 nitrogen and oxygen atoms in total. The van der Waals surface area contributed by atoms with Gasteiger partial charge in [-0.1, -0.05) is 38.1 Å². The van der Waals surface area contributed by atoms with Crippen LogP contribution in [-0.2, 0) is 26.2 Å². The van der Waals surface area contributed by atoms with Crippen molar-refractivity contribution in [3.05, 3.63) is 59.9 Å². The number of halogens is 1. The van der Waals surface area contributed by atoms with Gasteiger partial charge >= 0.3 is 0 Å². The molecule has 0 aromatic heterocycles. The molecule has 192 valence electrons. The van der Waals surface area contributed by atoms with Crippen molar-refractivity contribution < 1.29 is 27.1 Å². The summed E-state index contributed by atoms with van der Waals surface area (Å²) < 4.78 is 45.4. The molecule has 0 saturated carbocycles. The van der Waals surface area contributed by atoms with Gasteiger partial charge in [0.15, 0.2) is 0 Å². The molecular formula is C25H34FN3O5S. The minimum absolute atomic E-state index is 0.0000866. The first-order valence-electron chi connectivity index (χ1n) is 11.4. The summed E-state index contributed by atoms with van der Waals surface area (Å²) in [5, 5.41) is 2.81. The van der Waals surface area contributed by atoms with Crippen molar-refractivity contribution in [1.29, 1.82) is 0 Å². The van der Waals surface area contributed by atoms with Crippen LogP contribution in [0.25, 0.3) is 0 Å². The molecule has 0 spiro atoms. The van der Waals surface area contributed by atoms with Gasteiger partial charge in [-0.25, -0.2) is 12.8 Å². The number of nitrogens with one attached hydrogen (secondary N) is 1. The highest BCUT2D eigenvalue weighted by atomic mass is 32.2. The summed E-state index contributed by atoms with van der Waals surface area (Å²) in [6, 6.07) is 11.2. The quantitative estimate of drug-likeness (QED) is 0.476. The zero-order valence-electron chi connectivity index (χ0n) is 20.8. The third kappa shape index (κ3) is 8.24. The summed E-state index contributed by atoms with van der Waals surface area (Å²) in [6.45, 7) is 7.46. The molecule has 2 rings (SSSR count). The molecule has 0 fully saturated rings. The molecule has 0 unspecified atom stereocenters. The second-order valence-corrected chi connectivity index (χ2v) is 10.5. The van der Waals surface area contributed by atoms with Gasteiger partial charge in [-0.3, -0.25) is 13.9 Å². The molecule has 10 heteroatoms. The lowest BCUT2D eigenvalue weighted by Crippen LogP contribution is -2.51. The number of carbonyl (C=O) groups is 2. The summed E-state index contributed by atoms with van der Waals surface area (Å²) in [5.41, 5.74) is 0.827. The molecule has 0 bridgehead atoms. The van der Waals surface area contributed by atoms with Crippen LogP contribution in [0.4, 0.5) is 10.1 Å². The van der Waals surface area contributed by atoms with Crippen LogP contribution in [0.15, 0.2) is 48.5 Å². The number of rotatable bonds is 12. The number of anilines is 1. The molecule has 1 N–H and O–H groups in total. The topological polar surface area (TPSA) is 96.0 Å². The van der Waals surface area contributed by atoms with Crippen LogP contribution in [-0.4, -0.2) is 57.1 Å². The van der Waals surface area contributed by atoms with Crippen LogP contribution < -0.4 is 14.4 Å². The van der Waals surface area contributed by atoms with E-state index in [0.29, 0.717) is 24.5 Å². The average Bonchev–Trinajstić information content (AvgIpc) is 2.80. The van der Waals surface area contributed by atoms with Gasteiger partial charge < -0.3 is 15.0 Å². The van der Waals surface area contributed by atoms with Crippen LogP contribution >= 0.6 is 0 Å². The predicted molar refractivity (Wildman–Crippen MR) is 134 cm³/mol. The van der Waals surface area contributed by atoms with Gasteiger partial charge in [0, 0.05) is 13.1 Å². The molecule has 1 atom stereocenters. The fraction of sp³-hybridized carbons (Fsp3) is 0.440. The first kappa shape index (κ1) is 28.1. The maximum absolute atomic E-state index is 13.5. The number of sulfonamides is 1. The van der Waals surface area contributed by atoms with Crippen LogP contribution in [0.3, 0.4) is 0 Å². The van der Waals surface area contributed by atoms with Crippen molar-refractivity contribution in [1.82, 2.24) is 10.2 Å².